The molecule has 0 spiro atoms. The maximum Gasteiger partial charge on any atom is 0.573 e. The first-order valence-corrected chi connectivity index (χ1v) is 3.85. The van der Waals surface area contributed by atoms with E-state index in [0.29, 0.717) is 6.07 Å². The van der Waals surface area contributed by atoms with Gasteiger partial charge in [-0.25, -0.2) is 0 Å². The minimum absolute atomic E-state index is 0.508. The Balaban J connectivity index is 3.29. The molecular formula is C7H3F3N4O3. The Kier molecular flexibility index (Phi) is 3.03. The number of hydrogen-bond donors (Lipinski definition) is 1. The number of hydrogen-bond acceptors (Lipinski definition) is 6. The molecule has 90 valence electrons. The maximum absolute atomic E-state index is 11.9. The smallest absolute Gasteiger partial charge is 0.399 e. The van der Waals surface area contributed by atoms with Crippen LogP contribution in [0.3, 0.4) is 0 Å². The van der Waals surface area contributed by atoms with Gasteiger partial charge in [0.15, 0.2) is 11.3 Å². The largest absolute Gasteiger partial charge is 0.573 e. The molecule has 17 heavy (non-hydrogen) atoms. The summed E-state index contributed by atoms with van der Waals surface area (Å²) in [4.78, 5) is 12.4. The average Bonchev–Trinajstić information content (AvgIpc) is 2.18. The summed E-state index contributed by atoms with van der Waals surface area (Å²) in [7, 11) is 0. The van der Waals surface area contributed by atoms with Gasteiger partial charge in [-0.1, -0.05) is 0 Å². The van der Waals surface area contributed by atoms with Crippen LogP contribution in [-0.4, -0.2) is 16.3 Å². The van der Waals surface area contributed by atoms with Gasteiger partial charge in [0.05, 0.1) is 0 Å². The van der Waals surface area contributed by atoms with Gasteiger partial charge < -0.3 is 20.6 Å². The third kappa shape index (κ3) is 2.94. The Morgan fingerprint density at radius 1 is 1.59 bits per heavy atom. The number of nitrogens with zero attached hydrogens (tertiary/aromatic N) is 3. The summed E-state index contributed by atoms with van der Waals surface area (Å²) < 4.78 is 39.1. The highest BCUT2D eigenvalue weighted by molar-refractivity contribution is 5.57. The number of rotatable bonds is 2. The van der Waals surface area contributed by atoms with Crippen LogP contribution >= 0.6 is 0 Å². The Labute approximate surface area is 91.4 Å². The standard InChI is InChI=1S/C7H3F3N4O3/c8-7(9,10)17-4-1-3(2-11)6(14(15)16)13-5(4)12/h1H,(H2,12,13). The van der Waals surface area contributed by atoms with Gasteiger partial charge in [0.25, 0.3) is 5.82 Å². The molecule has 0 amide bonds. The lowest BCUT2D eigenvalue weighted by Gasteiger charge is -2.08. The SMILES string of the molecule is N#Cc1cc(OC(F)(F)F)c(N)nc1[N+](=O)[O-]. The van der Waals surface area contributed by atoms with Crippen molar-refractivity contribution in [2.24, 2.45) is 0 Å². The van der Waals surface area contributed by atoms with E-state index in [1.165, 1.54) is 6.07 Å². The molecule has 0 aliphatic heterocycles. The zero-order chi connectivity index (χ0) is 13.2. The van der Waals surface area contributed by atoms with Crippen LogP contribution in [-0.2, 0) is 0 Å². The molecule has 0 radical (unpaired) electrons. The topological polar surface area (TPSA) is 115 Å². The van der Waals surface area contributed by atoms with Crippen molar-refractivity contribution in [1.29, 1.82) is 5.26 Å². The lowest BCUT2D eigenvalue weighted by Crippen LogP contribution is -2.18. The third-order valence-corrected chi connectivity index (χ3v) is 1.51. The Morgan fingerprint density at radius 2 is 2.18 bits per heavy atom. The van der Waals surface area contributed by atoms with Crippen LogP contribution in [0.4, 0.5) is 24.8 Å². The lowest BCUT2D eigenvalue weighted by atomic mass is 10.2. The van der Waals surface area contributed by atoms with E-state index >= 15 is 0 Å². The van der Waals surface area contributed by atoms with Gasteiger partial charge in [-0.2, -0.15) is 5.26 Å². The molecule has 1 aromatic heterocycles. The Morgan fingerprint density at radius 3 is 2.59 bits per heavy atom. The second-order valence-corrected chi connectivity index (χ2v) is 2.66. The summed E-state index contributed by atoms with van der Waals surface area (Å²) in [6.45, 7) is 0. The number of halogens is 3. The quantitative estimate of drug-likeness (QED) is 0.623. The van der Waals surface area contributed by atoms with E-state index in [4.69, 9.17) is 11.0 Å². The molecule has 0 fully saturated rings. The summed E-state index contributed by atoms with van der Waals surface area (Å²) in [5.74, 6) is -2.72. The van der Waals surface area contributed by atoms with Crippen LogP contribution in [0.1, 0.15) is 5.56 Å². The van der Waals surface area contributed by atoms with Gasteiger partial charge in [0.2, 0.25) is 0 Å². The second-order valence-electron chi connectivity index (χ2n) is 2.66. The normalized spacial score (nSPS) is 10.7. The summed E-state index contributed by atoms with van der Waals surface area (Å²) in [6, 6.07) is 1.83. The van der Waals surface area contributed by atoms with Gasteiger partial charge in [-0.15, -0.1) is 13.2 Å². The minimum Gasteiger partial charge on any atom is -0.399 e. The summed E-state index contributed by atoms with van der Waals surface area (Å²) in [6.07, 6.45) is -5.03. The number of nitrogens with two attached hydrogens (primary N) is 1. The number of ether oxygens (including phenoxy) is 1. The molecule has 0 unspecified atom stereocenters. The second kappa shape index (κ2) is 4.12. The molecule has 0 saturated carbocycles. The fourth-order valence-corrected chi connectivity index (χ4v) is 0.927. The number of nitro groups is 1. The van der Waals surface area contributed by atoms with Crippen molar-refractivity contribution in [3.63, 3.8) is 0 Å². The summed E-state index contributed by atoms with van der Waals surface area (Å²) >= 11 is 0. The van der Waals surface area contributed by atoms with Crippen molar-refractivity contribution in [2.75, 3.05) is 5.73 Å². The highest BCUT2D eigenvalue weighted by Gasteiger charge is 2.34. The van der Waals surface area contributed by atoms with E-state index in [2.05, 4.69) is 9.72 Å². The van der Waals surface area contributed by atoms with Crippen molar-refractivity contribution >= 4 is 11.6 Å². The van der Waals surface area contributed by atoms with E-state index in [9.17, 15) is 23.3 Å². The molecule has 1 heterocycles. The summed E-state index contributed by atoms with van der Waals surface area (Å²) in [5.41, 5.74) is 4.36. The van der Waals surface area contributed by atoms with Crippen molar-refractivity contribution in [3.05, 3.63) is 21.7 Å². The van der Waals surface area contributed by atoms with Gasteiger partial charge in [-0.3, -0.25) is 0 Å². The molecular weight excluding hydrogens is 245 g/mol. The molecule has 0 bridgehead atoms. The van der Waals surface area contributed by atoms with Crippen LogP contribution < -0.4 is 10.5 Å². The van der Waals surface area contributed by atoms with Crippen molar-refractivity contribution in [1.82, 2.24) is 4.98 Å². The van der Waals surface area contributed by atoms with Crippen LogP contribution in [0.25, 0.3) is 0 Å². The molecule has 10 heteroatoms. The van der Waals surface area contributed by atoms with Gasteiger partial charge in [0.1, 0.15) is 6.07 Å². The van der Waals surface area contributed by atoms with Crippen molar-refractivity contribution < 1.29 is 22.8 Å². The molecule has 0 atom stereocenters. The monoisotopic (exact) mass is 248 g/mol. The van der Waals surface area contributed by atoms with Gasteiger partial charge >= 0.3 is 12.2 Å². The zero-order valence-electron chi connectivity index (χ0n) is 7.85. The number of anilines is 1. The third-order valence-electron chi connectivity index (χ3n) is 1.51. The van der Waals surface area contributed by atoms with Gasteiger partial charge in [-0.05, 0) is 9.91 Å². The Hall–Kier alpha value is -2.57. The number of aromatic nitrogens is 1. The number of nitriles is 1. The highest BCUT2D eigenvalue weighted by Crippen LogP contribution is 2.30. The van der Waals surface area contributed by atoms with E-state index < -0.39 is 34.2 Å². The zero-order valence-corrected chi connectivity index (χ0v) is 7.85. The van der Waals surface area contributed by atoms with Gasteiger partial charge in [0, 0.05) is 6.07 Å². The first kappa shape index (κ1) is 12.5. The molecule has 7 nitrogen and oxygen atoms in total. The van der Waals surface area contributed by atoms with Crippen LogP contribution in [0.5, 0.6) is 5.75 Å². The molecule has 0 saturated heterocycles. The Bertz CT molecular complexity index is 508. The number of alkyl halides is 3. The van der Waals surface area contributed by atoms with Crippen molar-refractivity contribution in [3.8, 4) is 11.8 Å². The predicted octanol–water partition coefficient (Wildman–Crippen LogP) is 1.34. The van der Waals surface area contributed by atoms with Crippen LogP contribution in [0.15, 0.2) is 6.07 Å². The molecule has 0 aliphatic carbocycles. The summed E-state index contributed by atoms with van der Waals surface area (Å²) in [5, 5.41) is 18.9. The van der Waals surface area contributed by atoms with Crippen LogP contribution in [0, 0.1) is 21.4 Å². The first-order valence-electron chi connectivity index (χ1n) is 3.85. The van der Waals surface area contributed by atoms with Crippen LogP contribution in [0.2, 0.25) is 0 Å². The van der Waals surface area contributed by atoms with Crippen molar-refractivity contribution in [2.45, 2.75) is 6.36 Å². The average molecular weight is 248 g/mol. The van der Waals surface area contributed by atoms with E-state index in [1.807, 2.05) is 0 Å². The maximum atomic E-state index is 11.9. The van der Waals surface area contributed by atoms with E-state index in [0.717, 1.165) is 0 Å². The number of pyridine rings is 1. The highest BCUT2D eigenvalue weighted by atomic mass is 19.4. The fourth-order valence-electron chi connectivity index (χ4n) is 0.927. The molecule has 2 N–H and O–H groups in total. The lowest BCUT2D eigenvalue weighted by molar-refractivity contribution is -0.389. The fraction of sp³-hybridized carbons (Fsp3) is 0.143. The first-order chi connectivity index (χ1) is 7.74. The number of nitrogen functional groups attached to an aromatic ring is 1. The molecule has 0 aromatic carbocycles. The molecule has 1 rings (SSSR count). The predicted molar refractivity (Wildman–Crippen MR) is 46.7 cm³/mol. The van der Waals surface area contributed by atoms with E-state index in [-0.39, 0.29) is 0 Å². The molecule has 0 aliphatic rings. The molecule has 1 aromatic rings. The van der Waals surface area contributed by atoms with E-state index in [1.54, 1.807) is 0 Å². The minimum atomic E-state index is -5.03.